The molecule has 0 radical (unpaired) electrons. The number of hydrogen-bond acceptors (Lipinski definition) is 3. The van der Waals surface area contributed by atoms with Gasteiger partial charge in [-0.15, -0.1) is 0 Å². The van der Waals surface area contributed by atoms with Crippen molar-refractivity contribution in [2.75, 3.05) is 5.73 Å². The van der Waals surface area contributed by atoms with Crippen LogP contribution in [0.15, 0.2) is 23.1 Å². The van der Waals surface area contributed by atoms with Crippen molar-refractivity contribution in [3.8, 4) is 6.07 Å². The van der Waals surface area contributed by atoms with Crippen LogP contribution in [-0.4, -0.2) is 9.46 Å². The predicted molar refractivity (Wildman–Crippen MR) is 57.1 cm³/mol. The van der Waals surface area contributed by atoms with Gasteiger partial charge in [-0.2, -0.15) is 5.26 Å². The number of rotatable bonds is 2. The summed E-state index contributed by atoms with van der Waals surface area (Å²) in [4.78, 5) is 0.652. The Labute approximate surface area is 86.0 Å². The highest BCUT2D eigenvalue weighted by Gasteiger charge is 2.15. The molecule has 1 aromatic carbocycles. The van der Waals surface area contributed by atoms with Crippen molar-refractivity contribution in [2.45, 2.75) is 24.0 Å². The fraction of sp³-hybridized carbons (Fsp3) is 0.300. The van der Waals surface area contributed by atoms with Crippen molar-refractivity contribution >= 4 is 16.5 Å². The normalized spacial score (nSPS) is 14.4. The standard InChI is InChI=1S/C10H12N2OS/c1-7(6-11)14(13)10-5-3-4-9(12)8(10)2/h3-5,7H,12H2,1-2H3. The van der Waals surface area contributed by atoms with Crippen LogP contribution in [0.3, 0.4) is 0 Å². The highest BCUT2D eigenvalue weighted by Crippen LogP contribution is 2.20. The molecule has 0 amide bonds. The summed E-state index contributed by atoms with van der Waals surface area (Å²) in [6, 6.07) is 7.22. The number of hydrogen-bond donors (Lipinski definition) is 1. The lowest BCUT2D eigenvalue weighted by atomic mass is 10.2. The molecule has 0 fully saturated rings. The molecule has 0 aliphatic rings. The smallest absolute Gasteiger partial charge is 0.123 e. The van der Waals surface area contributed by atoms with Crippen molar-refractivity contribution in [2.24, 2.45) is 0 Å². The third kappa shape index (κ3) is 1.94. The van der Waals surface area contributed by atoms with Crippen molar-refractivity contribution in [1.29, 1.82) is 5.26 Å². The average molecular weight is 208 g/mol. The molecule has 0 spiro atoms. The molecule has 74 valence electrons. The summed E-state index contributed by atoms with van der Waals surface area (Å²) < 4.78 is 11.8. The molecule has 0 aliphatic heterocycles. The highest BCUT2D eigenvalue weighted by atomic mass is 32.2. The molecule has 0 saturated carbocycles. The molecule has 1 rings (SSSR count). The predicted octanol–water partition coefficient (Wildman–Crippen LogP) is 1.60. The Morgan fingerprint density at radius 3 is 2.79 bits per heavy atom. The Morgan fingerprint density at radius 2 is 2.21 bits per heavy atom. The number of nitrogen functional groups attached to an aromatic ring is 1. The number of nitriles is 1. The van der Waals surface area contributed by atoms with Gasteiger partial charge in [0, 0.05) is 10.6 Å². The van der Waals surface area contributed by atoms with E-state index in [1.165, 1.54) is 0 Å². The van der Waals surface area contributed by atoms with Gasteiger partial charge in [0.2, 0.25) is 0 Å². The summed E-state index contributed by atoms with van der Waals surface area (Å²) in [6.45, 7) is 3.45. The molecule has 4 heteroatoms. The zero-order valence-corrected chi connectivity index (χ0v) is 8.97. The summed E-state index contributed by atoms with van der Waals surface area (Å²) >= 11 is 0. The summed E-state index contributed by atoms with van der Waals surface area (Å²) in [6.07, 6.45) is 0. The first-order chi connectivity index (χ1) is 6.57. The van der Waals surface area contributed by atoms with E-state index in [0.29, 0.717) is 10.6 Å². The molecule has 0 saturated heterocycles. The second-order valence-corrected chi connectivity index (χ2v) is 4.78. The Morgan fingerprint density at radius 1 is 1.57 bits per heavy atom. The van der Waals surface area contributed by atoms with Gasteiger partial charge in [-0.3, -0.25) is 4.21 Å². The molecule has 0 aromatic heterocycles. The maximum Gasteiger partial charge on any atom is 0.123 e. The minimum atomic E-state index is -1.29. The van der Waals surface area contributed by atoms with Crippen LogP contribution >= 0.6 is 0 Å². The Bertz CT molecular complexity index is 409. The lowest BCUT2D eigenvalue weighted by molar-refractivity contribution is 0.680. The van der Waals surface area contributed by atoms with Crippen LogP contribution in [0.1, 0.15) is 12.5 Å². The monoisotopic (exact) mass is 208 g/mol. The number of anilines is 1. The summed E-state index contributed by atoms with van der Waals surface area (Å²) in [5.74, 6) is 0. The van der Waals surface area contributed by atoms with Gasteiger partial charge in [-0.05, 0) is 31.5 Å². The van der Waals surface area contributed by atoms with Crippen LogP contribution in [0.4, 0.5) is 5.69 Å². The first-order valence-electron chi connectivity index (χ1n) is 4.23. The molecule has 1 aromatic rings. The maximum absolute atomic E-state index is 11.8. The van der Waals surface area contributed by atoms with Crippen molar-refractivity contribution < 1.29 is 4.21 Å². The van der Waals surface area contributed by atoms with Crippen LogP contribution in [-0.2, 0) is 10.8 Å². The highest BCUT2D eigenvalue weighted by molar-refractivity contribution is 7.86. The number of nitrogens with two attached hydrogens (primary N) is 1. The zero-order chi connectivity index (χ0) is 10.7. The topological polar surface area (TPSA) is 66.9 Å². The van der Waals surface area contributed by atoms with Gasteiger partial charge in [-0.1, -0.05) is 6.07 Å². The van der Waals surface area contributed by atoms with Gasteiger partial charge in [0.25, 0.3) is 0 Å². The molecular weight excluding hydrogens is 196 g/mol. The van der Waals surface area contributed by atoms with Crippen molar-refractivity contribution in [3.63, 3.8) is 0 Å². The largest absolute Gasteiger partial charge is 0.398 e. The fourth-order valence-corrected chi connectivity index (χ4v) is 2.20. The molecule has 0 aliphatic carbocycles. The van der Waals surface area contributed by atoms with Gasteiger partial charge in [-0.25, -0.2) is 0 Å². The molecule has 0 bridgehead atoms. The third-order valence-corrected chi connectivity index (χ3v) is 3.67. The molecular formula is C10H12N2OS. The van der Waals surface area contributed by atoms with Crippen LogP contribution in [0.25, 0.3) is 0 Å². The van der Waals surface area contributed by atoms with Gasteiger partial charge in [0.05, 0.1) is 16.9 Å². The maximum atomic E-state index is 11.8. The summed E-state index contributed by atoms with van der Waals surface area (Å²) in [5, 5.41) is 8.15. The molecule has 14 heavy (non-hydrogen) atoms. The van der Waals surface area contributed by atoms with E-state index in [-0.39, 0.29) is 0 Å². The second-order valence-electron chi connectivity index (χ2n) is 3.04. The number of benzene rings is 1. The van der Waals surface area contributed by atoms with E-state index < -0.39 is 16.0 Å². The van der Waals surface area contributed by atoms with Gasteiger partial charge >= 0.3 is 0 Å². The van der Waals surface area contributed by atoms with Gasteiger partial charge < -0.3 is 5.73 Å². The van der Waals surface area contributed by atoms with E-state index in [0.717, 1.165) is 5.56 Å². The van der Waals surface area contributed by atoms with Crippen LogP contribution in [0.2, 0.25) is 0 Å². The van der Waals surface area contributed by atoms with Crippen LogP contribution < -0.4 is 5.73 Å². The molecule has 2 unspecified atom stereocenters. The minimum absolute atomic E-state index is 0.504. The Balaban J connectivity index is 3.15. The van der Waals surface area contributed by atoms with E-state index >= 15 is 0 Å². The lowest BCUT2D eigenvalue weighted by Gasteiger charge is -2.08. The average Bonchev–Trinajstić information content (AvgIpc) is 2.20. The van der Waals surface area contributed by atoms with Gasteiger partial charge in [0.15, 0.2) is 0 Å². The molecule has 2 N–H and O–H groups in total. The summed E-state index contributed by atoms with van der Waals surface area (Å²) in [5.41, 5.74) is 7.09. The van der Waals surface area contributed by atoms with E-state index in [1.807, 2.05) is 13.0 Å². The fourth-order valence-electron chi connectivity index (χ4n) is 1.09. The van der Waals surface area contributed by atoms with Crippen molar-refractivity contribution in [1.82, 2.24) is 0 Å². The quantitative estimate of drug-likeness (QED) is 0.750. The second kappa shape index (κ2) is 4.25. The van der Waals surface area contributed by atoms with Gasteiger partial charge in [0.1, 0.15) is 5.25 Å². The third-order valence-electron chi connectivity index (χ3n) is 2.05. The van der Waals surface area contributed by atoms with E-state index in [4.69, 9.17) is 11.0 Å². The molecule has 0 heterocycles. The lowest BCUT2D eigenvalue weighted by Crippen LogP contribution is -2.10. The van der Waals surface area contributed by atoms with Crippen LogP contribution in [0, 0.1) is 18.3 Å². The minimum Gasteiger partial charge on any atom is -0.398 e. The summed E-state index contributed by atoms with van der Waals surface area (Å²) in [7, 11) is -1.29. The Hall–Kier alpha value is -1.34. The zero-order valence-electron chi connectivity index (χ0n) is 8.15. The SMILES string of the molecule is Cc1c(N)cccc1S(=O)C(C)C#N. The van der Waals surface area contributed by atoms with Crippen LogP contribution in [0.5, 0.6) is 0 Å². The molecule has 2 atom stereocenters. The van der Waals surface area contributed by atoms with E-state index in [2.05, 4.69) is 0 Å². The first kappa shape index (κ1) is 10.7. The first-order valence-corrected chi connectivity index (χ1v) is 5.44. The number of nitrogens with zero attached hydrogens (tertiary/aromatic N) is 1. The van der Waals surface area contributed by atoms with E-state index in [1.54, 1.807) is 25.1 Å². The molecule has 3 nitrogen and oxygen atoms in total. The Kier molecular flexibility index (Phi) is 3.26. The van der Waals surface area contributed by atoms with E-state index in [9.17, 15) is 4.21 Å². The van der Waals surface area contributed by atoms with Crippen molar-refractivity contribution in [3.05, 3.63) is 23.8 Å².